The number of alkyl halides is 2. The van der Waals surface area contributed by atoms with Crippen molar-refractivity contribution in [1.29, 1.82) is 0 Å². The molecule has 0 aliphatic heterocycles. The van der Waals surface area contributed by atoms with Gasteiger partial charge in [0.15, 0.2) is 0 Å². The Morgan fingerprint density at radius 3 is 2.52 bits per heavy atom. The molecule has 2 rings (SSSR count). The largest absolute Gasteiger partial charge is 0.433 e. The zero-order chi connectivity index (χ0) is 19.8. The van der Waals surface area contributed by atoms with Gasteiger partial charge in [0.25, 0.3) is 5.69 Å². The van der Waals surface area contributed by atoms with Gasteiger partial charge in [0.1, 0.15) is 5.75 Å². The van der Waals surface area contributed by atoms with Gasteiger partial charge < -0.3 is 20.5 Å². The minimum Gasteiger partial charge on any atom is -0.433 e. The first-order valence-electron chi connectivity index (χ1n) is 7.84. The predicted molar refractivity (Wildman–Crippen MR) is 92.9 cm³/mol. The predicted octanol–water partition coefficient (Wildman–Crippen LogP) is 2.92. The standard InChI is InChI=1S/C17H17F2N3O5/c18-16(19)27-15-7-6-13(22(25)26)9-14(15)21-17(24)20-12(10-23)8-11-4-2-1-3-5-11/h1-7,9,12,16,23H,8,10H2,(H2,20,21,24). The van der Waals surface area contributed by atoms with Crippen LogP contribution in [0.5, 0.6) is 5.75 Å². The highest BCUT2D eigenvalue weighted by Gasteiger charge is 2.18. The van der Waals surface area contributed by atoms with Crippen molar-refractivity contribution < 1.29 is 28.3 Å². The molecule has 144 valence electrons. The monoisotopic (exact) mass is 381 g/mol. The number of ether oxygens (including phenoxy) is 1. The first-order chi connectivity index (χ1) is 12.9. The fourth-order valence-electron chi connectivity index (χ4n) is 2.33. The van der Waals surface area contributed by atoms with E-state index in [-0.39, 0.29) is 12.3 Å². The second-order valence-electron chi connectivity index (χ2n) is 5.48. The molecule has 1 atom stereocenters. The number of hydrogen-bond donors (Lipinski definition) is 3. The quantitative estimate of drug-likeness (QED) is 0.481. The van der Waals surface area contributed by atoms with Crippen LogP contribution in [0.25, 0.3) is 0 Å². The average Bonchev–Trinajstić information content (AvgIpc) is 2.62. The number of amides is 2. The number of aliphatic hydroxyl groups excluding tert-OH is 1. The van der Waals surface area contributed by atoms with Crippen LogP contribution in [0.4, 0.5) is 25.0 Å². The van der Waals surface area contributed by atoms with Gasteiger partial charge in [-0.2, -0.15) is 8.78 Å². The van der Waals surface area contributed by atoms with Gasteiger partial charge in [-0.1, -0.05) is 30.3 Å². The number of anilines is 1. The number of hydrogen-bond acceptors (Lipinski definition) is 5. The molecular formula is C17H17F2N3O5. The molecule has 0 heterocycles. The molecule has 0 aliphatic carbocycles. The Balaban J connectivity index is 2.10. The van der Waals surface area contributed by atoms with Crippen molar-refractivity contribution in [3.8, 4) is 5.75 Å². The van der Waals surface area contributed by atoms with Crippen molar-refractivity contribution in [2.45, 2.75) is 19.1 Å². The summed E-state index contributed by atoms with van der Waals surface area (Å²) in [6.45, 7) is -3.53. The third-order valence-electron chi connectivity index (χ3n) is 3.52. The number of benzene rings is 2. The van der Waals surface area contributed by atoms with Gasteiger partial charge in [0, 0.05) is 12.1 Å². The number of rotatable bonds is 8. The Morgan fingerprint density at radius 2 is 1.93 bits per heavy atom. The molecule has 0 bridgehead atoms. The molecular weight excluding hydrogens is 364 g/mol. The van der Waals surface area contributed by atoms with Crippen LogP contribution >= 0.6 is 0 Å². The number of non-ortho nitro benzene ring substituents is 1. The summed E-state index contributed by atoms with van der Waals surface area (Å²) in [5, 5.41) is 25.0. The number of halogens is 2. The lowest BCUT2D eigenvalue weighted by Gasteiger charge is -2.18. The Kier molecular flexibility index (Phi) is 7.00. The van der Waals surface area contributed by atoms with E-state index in [1.54, 1.807) is 12.1 Å². The Labute approximate surface area is 152 Å². The summed E-state index contributed by atoms with van der Waals surface area (Å²) in [6.07, 6.45) is 0.333. The fraction of sp³-hybridized carbons (Fsp3) is 0.235. The number of aliphatic hydroxyl groups is 1. The minimum absolute atomic E-state index is 0.293. The lowest BCUT2D eigenvalue weighted by atomic mass is 10.1. The van der Waals surface area contributed by atoms with Crippen molar-refractivity contribution in [3.63, 3.8) is 0 Å². The van der Waals surface area contributed by atoms with Gasteiger partial charge in [-0.25, -0.2) is 4.79 Å². The molecule has 1 unspecified atom stereocenters. The molecule has 3 N–H and O–H groups in total. The molecule has 10 heteroatoms. The molecule has 27 heavy (non-hydrogen) atoms. The van der Waals surface area contributed by atoms with Crippen molar-refractivity contribution in [3.05, 3.63) is 64.2 Å². The highest BCUT2D eigenvalue weighted by molar-refractivity contribution is 5.91. The number of carbonyl (C=O) groups excluding carboxylic acids is 1. The van der Waals surface area contributed by atoms with Crippen LogP contribution in [0, 0.1) is 10.1 Å². The second-order valence-corrected chi connectivity index (χ2v) is 5.48. The lowest BCUT2D eigenvalue weighted by Crippen LogP contribution is -2.41. The summed E-state index contributed by atoms with van der Waals surface area (Å²) in [4.78, 5) is 22.3. The van der Waals surface area contributed by atoms with Crippen LogP contribution < -0.4 is 15.4 Å². The van der Waals surface area contributed by atoms with E-state index in [4.69, 9.17) is 0 Å². The molecule has 2 aromatic carbocycles. The normalized spacial score (nSPS) is 11.7. The maximum atomic E-state index is 12.5. The van der Waals surface area contributed by atoms with Crippen LogP contribution in [0.3, 0.4) is 0 Å². The molecule has 0 fully saturated rings. The summed E-state index contributed by atoms with van der Waals surface area (Å²) in [5.41, 5.74) is 0.169. The maximum Gasteiger partial charge on any atom is 0.387 e. The van der Waals surface area contributed by atoms with Crippen molar-refractivity contribution in [2.24, 2.45) is 0 Å². The summed E-state index contributed by atoms with van der Waals surface area (Å²) in [6, 6.07) is 10.4. The summed E-state index contributed by atoms with van der Waals surface area (Å²) in [5.74, 6) is -0.422. The number of nitrogens with one attached hydrogen (secondary N) is 2. The maximum absolute atomic E-state index is 12.5. The molecule has 2 amide bonds. The molecule has 0 saturated heterocycles. The molecule has 8 nitrogen and oxygen atoms in total. The van der Waals surface area contributed by atoms with E-state index in [1.165, 1.54) is 0 Å². The third-order valence-corrected chi connectivity index (χ3v) is 3.52. The number of urea groups is 1. The number of nitro groups is 1. The first kappa shape index (κ1) is 20.0. The number of nitrogens with zero attached hydrogens (tertiary/aromatic N) is 1. The fourth-order valence-corrected chi connectivity index (χ4v) is 2.33. The molecule has 0 spiro atoms. The van der Waals surface area contributed by atoms with Gasteiger partial charge in [0.05, 0.1) is 23.3 Å². The number of nitro benzene ring substituents is 1. The Morgan fingerprint density at radius 1 is 1.22 bits per heavy atom. The van der Waals surface area contributed by atoms with Gasteiger partial charge >= 0.3 is 12.6 Å². The topological polar surface area (TPSA) is 114 Å². The summed E-state index contributed by atoms with van der Waals surface area (Å²) < 4.78 is 29.2. The van der Waals surface area contributed by atoms with Crippen molar-refractivity contribution >= 4 is 17.4 Å². The Bertz CT molecular complexity index is 789. The number of carbonyl (C=O) groups is 1. The first-order valence-corrected chi connectivity index (χ1v) is 7.84. The SMILES string of the molecule is O=C(Nc1cc([N+](=O)[O-])ccc1OC(F)F)NC(CO)Cc1ccccc1. The van der Waals surface area contributed by atoms with Gasteiger partial charge in [-0.15, -0.1) is 0 Å². The van der Waals surface area contributed by atoms with Crippen LogP contribution in [-0.2, 0) is 6.42 Å². The highest BCUT2D eigenvalue weighted by atomic mass is 19.3. The Hall–Kier alpha value is -3.27. The average molecular weight is 381 g/mol. The lowest BCUT2D eigenvalue weighted by molar-refractivity contribution is -0.384. The third kappa shape index (κ3) is 6.19. The van der Waals surface area contributed by atoms with E-state index >= 15 is 0 Å². The van der Waals surface area contributed by atoms with Gasteiger partial charge in [0.2, 0.25) is 0 Å². The zero-order valence-electron chi connectivity index (χ0n) is 14.0. The molecule has 0 aliphatic rings. The highest BCUT2D eigenvalue weighted by Crippen LogP contribution is 2.30. The van der Waals surface area contributed by atoms with Crippen LogP contribution in [0.1, 0.15) is 5.56 Å². The van der Waals surface area contributed by atoms with E-state index in [9.17, 15) is 28.8 Å². The van der Waals surface area contributed by atoms with Crippen LogP contribution in [0.15, 0.2) is 48.5 Å². The van der Waals surface area contributed by atoms with Crippen LogP contribution in [0.2, 0.25) is 0 Å². The van der Waals surface area contributed by atoms with E-state index in [0.29, 0.717) is 6.42 Å². The van der Waals surface area contributed by atoms with E-state index in [2.05, 4.69) is 15.4 Å². The van der Waals surface area contributed by atoms with Gasteiger partial charge in [-0.05, 0) is 18.1 Å². The van der Waals surface area contributed by atoms with Crippen molar-refractivity contribution in [1.82, 2.24) is 5.32 Å². The van der Waals surface area contributed by atoms with Crippen LogP contribution in [-0.4, -0.2) is 35.3 Å². The molecule has 0 aromatic heterocycles. The molecule has 2 aromatic rings. The zero-order valence-corrected chi connectivity index (χ0v) is 14.0. The summed E-state index contributed by atoms with van der Waals surface area (Å²) >= 11 is 0. The minimum atomic E-state index is -3.17. The molecule has 0 saturated carbocycles. The van der Waals surface area contributed by atoms with Crippen molar-refractivity contribution in [2.75, 3.05) is 11.9 Å². The van der Waals surface area contributed by atoms with E-state index < -0.39 is 35.0 Å². The molecule has 0 radical (unpaired) electrons. The van der Waals surface area contributed by atoms with E-state index in [1.807, 2.05) is 18.2 Å². The second kappa shape index (κ2) is 9.43. The smallest absolute Gasteiger partial charge is 0.387 e. The summed E-state index contributed by atoms with van der Waals surface area (Å²) in [7, 11) is 0. The van der Waals surface area contributed by atoms with Gasteiger partial charge in [-0.3, -0.25) is 10.1 Å². The van der Waals surface area contributed by atoms with E-state index in [0.717, 1.165) is 23.8 Å².